The van der Waals surface area contributed by atoms with Gasteiger partial charge in [0.25, 0.3) is 0 Å². The van der Waals surface area contributed by atoms with E-state index in [1.54, 1.807) is 6.92 Å². The predicted octanol–water partition coefficient (Wildman–Crippen LogP) is 1.75. The Kier molecular flexibility index (Phi) is 2.18. The Morgan fingerprint density at radius 2 is 2.43 bits per heavy atom. The molecule has 0 bridgehead atoms. The molecular formula is C10H10N2O2. The maximum atomic E-state index is 10.1. The van der Waals surface area contributed by atoms with E-state index in [0.717, 1.165) is 23.1 Å². The number of hydrogen-bond acceptors (Lipinski definition) is 4. The van der Waals surface area contributed by atoms with Crippen LogP contribution in [-0.4, -0.2) is 17.8 Å². The zero-order valence-electron chi connectivity index (χ0n) is 7.78. The van der Waals surface area contributed by atoms with Gasteiger partial charge in [-0.1, -0.05) is 0 Å². The van der Waals surface area contributed by atoms with Crippen LogP contribution in [0.2, 0.25) is 0 Å². The van der Waals surface area contributed by atoms with Crippen molar-refractivity contribution in [2.75, 3.05) is 11.9 Å². The largest absolute Gasteiger partial charge is 0.441 e. The van der Waals surface area contributed by atoms with Crippen molar-refractivity contribution in [3.8, 4) is 0 Å². The third-order valence-electron chi connectivity index (χ3n) is 1.88. The molecule has 1 aromatic heterocycles. The van der Waals surface area contributed by atoms with E-state index >= 15 is 0 Å². The van der Waals surface area contributed by atoms with Crippen LogP contribution in [0.25, 0.3) is 11.1 Å². The second-order valence-corrected chi connectivity index (χ2v) is 2.96. The lowest BCUT2D eigenvalue weighted by Gasteiger charge is -1.99. The molecule has 0 saturated carbocycles. The van der Waals surface area contributed by atoms with E-state index in [0.29, 0.717) is 12.4 Å². The van der Waals surface area contributed by atoms with Crippen LogP contribution in [0.5, 0.6) is 0 Å². The van der Waals surface area contributed by atoms with Crippen LogP contribution in [0.4, 0.5) is 5.69 Å². The highest BCUT2D eigenvalue weighted by molar-refractivity contribution is 5.77. The summed E-state index contributed by atoms with van der Waals surface area (Å²) in [4.78, 5) is 14.3. The molecule has 0 amide bonds. The van der Waals surface area contributed by atoms with Crippen molar-refractivity contribution >= 4 is 23.1 Å². The summed E-state index contributed by atoms with van der Waals surface area (Å²) in [5.41, 5.74) is 2.44. The minimum absolute atomic E-state index is 0.308. The summed E-state index contributed by atoms with van der Waals surface area (Å²) in [7, 11) is 0. The normalized spacial score (nSPS) is 10.4. The smallest absolute Gasteiger partial charge is 0.192 e. The molecule has 72 valence electrons. The van der Waals surface area contributed by atoms with Crippen molar-refractivity contribution in [1.82, 2.24) is 4.98 Å². The number of aryl methyl sites for hydroxylation is 1. The fourth-order valence-electron chi connectivity index (χ4n) is 1.31. The average Bonchev–Trinajstić information content (AvgIpc) is 2.54. The first-order valence-corrected chi connectivity index (χ1v) is 4.34. The summed E-state index contributed by atoms with van der Waals surface area (Å²) in [6, 6.07) is 5.55. The molecule has 0 unspecified atom stereocenters. The molecule has 0 atom stereocenters. The second kappa shape index (κ2) is 3.49. The molecular weight excluding hydrogens is 180 g/mol. The number of anilines is 1. The molecule has 0 spiro atoms. The first-order chi connectivity index (χ1) is 6.79. The number of aromatic nitrogens is 1. The van der Waals surface area contributed by atoms with E-state index in [-0.39, 0.29) is 0 Å². The molecule has 2 rings (SSSR count). The Labute approximate surface area is 80.9 Å². The molecule has 0 radical (unpaired) electrons. The molecule has 4 nitrogen and oxygen atoms in total. The van der Waals surface area contributed by atoms with Gasteiger partial charge in [0, 0.05) is 12.6 Å². The molecule has 0 aliphatic rings. The average molecular weight is 190 g/mol. The first kappa shape index (κ1) is 8.74. The molecule has 1 heterocycles. The fraction of sp³-hybridized carbons (Fsp3) is 0.200. The number of nitrogens with zero attached hydrogens (tertiary/aromatic N) is 1. The standard InChI is InChI=1S/C10H10N2O2/c1-7-12-9-6-8(11-4-5-13)2-3-10(9)14-7/h2-3,5-6,11H,4H2,1H3. The fourth-order valence-corrected chi connectivity index (χ4v) is 1.31. The van der Waals surface area contributed by atoms with Crippen molar-refractivity contribution in [2.24, 2.45) is 0 Å². The SMILES string of the molecule is Cc1nc2cc(NCC=O)ccc2o1. The lowest BCUT2D eigenvalue weighted by atomic mass is 10.3. The summed E-state index contributed by atoms with van der Waals surface area (Å²) in [5.74, 6) is 0.646. The van der Waals surface area contributed by atoms with Crippen LogP contribution in [0, 0.1) is 6.92 Å². The van der Waals surface area contributed by atoms with E-state index in [1.165, 1.54) is 0 Å². The quantitative estimate of drug-likeness (QED) is 0.749. The first-order valence-electron chi connectivity index (χ1n) is 4.34. The van der Waals surface area contributed by atoms with Gasteiger partial charge in [-0.15, -0.1) is 0 Å². The highest BCUT2D eigenvalue weighted by Crippen LogP contribution is 2.19. The van der Waals surface area contributed by atoms with Crippen LogP contribution < -0.4 is 5.32 Å². The van der Waals surface area contributed by atoms with Gasteiger partial charge in [0.05, 0.1) is 6.54 Å². The van der Waals surface area contributed by atoms with Gasteiger partial charge in [0.15, 0.2) is 11.5 Å². The number of fused-ring (bicyclic) bond motifs is 1. The van der Waals surface area contributed by atoms with Crippen LogP contribution in [-0.2, 0) is 4.79 Å². The van der Waals surface area contributed by atoms with Gasteiger partial charge in [0.2, 0.25) is 0 Å². The van der Waals surface area contributed by atoms with Gasteiger partial charge < -0.3 is 14.5 Å². The zero-order chi connectivity index (χ0) is 9.97. The van der Waals surface area contributed by atoms with Crippen molar-refractivity contribution < 1.29 is 9.21 Å². The van der Waals surface area contributed by atoms with Gasteiger partial charge in [-0.25, -0.2) is 4.98 Å². The highest BCUT2D eigenvalue weighted by atomic mass is 16.3. The van der Waals surface area contributed by atoms with E-state index in [2.05, 4.69) is 10.3 Å². The predicted molar refractivity (Wildman–Crippen MR) is 53.3 cm³/mol. The molecule has 4 heteroatoms. The van der Waals surface area contributed by atoms with Gasteiger partial charge >= 0.3 is 0 Å². The number of oxazole rings is 1. The number of hydrogen-bond donors (Lipinski definition) is 1. The molecule has 0 aliphatic carbocycles. The number of rotatable bonds is 3. The van der Waals surface area contributed by atoms with Crippen molar-refractivity contribution in [3.05, 3.63) is 24.1 Å². The van der Waals surface area contributed by atoms with Gasteiger partial charge in [0.1, 0.15) is 11.8 Å². The monoisotopic (exact) mass is 190 g/mol. The van der Waals surface area contributed by atoms with Crippen LogP contribution in [0.1, 0.15) is 5.89 Å². The Bertz CT molecular complexity index is 462. The maximum Gasteiger partial charge on any atom is 0.192 e. The highest BCUT2D eigenvalue weighted by Gasteiger charge is 2.01. The Morgan fingerprint density at radius 1 is 1.57 bits per heavy atom. The van der Waals surface area contributed by atoms with E-state index in [4.69, 9.17) is 4.42 Å². The summed E-state index contributed by atoms with van der Waals surface area (Å²) in [5, 5.41) is 2.95. The lowest BCUT2D eigenvalue weighted by Crippen LogP contribution is -2.01. The number of nitrogens with one attached hydrogen (secondary N) is 1. The molecule has 1 aromatic carbocycles. The van der Waals surface area contributed by atoms with Crippen molar-refractivity contribution in [2.45, 2.75) is 6.92 Å². The minimum Gasteiger partial charge on any atom is -0.441 e. The number of carbonyl (C=O) groups excluding carboxylic acids is 1. The summed E-state index contributed by atoms with van der Waals surface area (Å²) >= 11 is 0. The Balaban J connectivity index is 2.35. The van der Waals surface area contributed by atoms with Gasteiger partial charge in [-0.3, -0.25) is 0 Å². The van der Waals surface area contributed by atoms with Crippen LogP contribution in [0.15, 0.2) is 22.6 Å². The van der Waals surface area contributed by atoms with Crippen molar-refractivity contribution in [3.63, 3.8) is 0 Å². The minimum atomic E-state index is 0.308. The number of aldehydes is 1. The molecule has 0 saturated heterocycles. The number of carbonyl (C=O) groups is 1. The van der Waals surface area contributed by atoms with E-state index < -0.39 is 0 Å². The van der Waals surface area contributed by atoms with Gasteiger partial charge in [-0.05, 0) is 18.2 Å². The van der Waals surface area contributed by atoms with Crippen molar-refractivity contribution in [1.29, 1.82) is 0 Å². The third-order valence-corrected chi connectivity index (χ3v) is 1.88. The number of benzene rings is 1. The van der Waals surface area contributed by atoms with Gasteiger partial charge in [-0.2, -0.15) is 0 Å². The summed E-state index contributed by atoms with van der Waals surface area (Å²) in [6.45, 7) is 2.11. The Morgan fingerprint density at radius 3 is 3.21 bits per heavy atom. The van der Waals surface area contributed by atoms with E-state index in [1.807, 2.05) is 18.2 Å². The molecule has 2 aromatic rings. The van der Waals surface area contributed by atoms with Crippen LogP contribution in [0.3, 0.4) is 0 Å². The molecule has 1 N–H and O–H groups in total. The maximum absolute atomic E-state index is 10.1. The second-order valence-electron chi connectivity index (χ2n) is 2.96. The zero-order valence-corrected chi connectivity index (χ0v) is 7.78. The summed E-state index contributed by atoms with van der Waals surface area (Å²) in [6.07, 6.45) is 0.818. The molecule has 0 fully saturated rings. The Hall–Kier alpha value is -1.84. The lowest BCUT2D eigenvalue weighted by molar-refractivity contribution is -0.106. The van der Waals surface area contributed by atoms with Crippen LogP contribution >= 0.6 is 0 Å². The summed E-state index contributed by atoms with van der Waals surface area (Å²) < 4.78 is 5.32. The third kappa shape index (κ3) is 1.59. The molecule has 14 heavy (non-hydrogen) atoms. The topological polar surface area (TPSA) is 55.1 Å². The molecule has 0 aliphatic heterocycles. The van der Waals surface area contributed by atoms with E-state index in [9.17, 15) is 4.79 Å².